The Labute approximate surface area is 148 Å². The molecule has 25 heavy (non-hydrogen) atoms. The molecule has 132 valence electrons. The average molecular weight is 340 g/mol. The van der Waals surface area contributed by atoms with Crippen LogP contribution in [0.3, 0.4) is 0 Å². The fourth-order valence-corrected chi connectivity index (χ4v) is 2.55. The molecule has 0 heterocycles. The van der Waals surface area contributed by atoms with Crippen molar-refractivity contribution in [2.45, 2.75) is 26.7 Å². The Balaban J connectivity index is 1.99. The lowest BCUT2D eigenvalue weighted by atomic mass is 9.98. The molecule has 5 nitrogen and oxygen atoms in total. The van der Waals surface area contributed by atoms with Crippen LogP contribution in [0.4, 0.5) is 11.4 Å². The molecule has 0 fully saturated rings. The summed E-state index contributed by atoms with van der Waals surface area (Å²) < 4.78 is 4.66. The third-order valence-corrected chi connectivity index (χ3v) is 3.95. The molecule has 0 aliphatic rings. The van der Waals surface area contributed by atoms with Crippen molar-refractivity contribution in [2.75, 3.05) is 24.3 Å². The molecule has 2 N–H and O–H groups in total. The zero-order chi connectivity index (χ0) is 18.4. The van der Waals surface area contributed by atoms with Gasteiger partial charge in [0.05, 0.1) is 19.2 Å². The van der Waals surface area contributed by atoms with E-state index < -0.39 is 0 Å². The monoisotopic (exact) mass is 340 g/mol. The molecular formula is C20H24N2O3. The van der Waals surface area contributed by atoms with Crippen molar-refractivity contribution in [3.05, 3.63) is 59.2 Å². The van der Waals surface area contributed by atoms with Crippen molar-refractivity contribution in [1.82, 2.24) is 0 Å². The number of hydrogen-bond donors (Lipinski definition) is 2. The summed E-state index contributed by atoms with van der Waals surface area (Å²) in [5.41, 5.74) is 4.28. The third-order valence-electron chi connectivity index (χ3n) is 3.95. The van der Waals surface area contributed by atoms with E-state index in [1.807, 2.05) is 25.1 Å². The summed E-state index contributed by atoms with van der Waals surface area (Å²) >= 11 is 0. The van der Waals surface area contributed by atoms with Crippen molar-refractivity contribution in [2.24, 2.45) is 0 Å². The first-order valence-corrected chi connectivity index (χ1v) is 8.24. The van der Waals surface area contributed by atoms with Gasteiger partial charge in [0.15, 0.2) is 0 Å². The molecule has 0 spiro atoms. The van der Waals surface area contributed by atoms with Crippen LogP contribution in [0, 0.1) is 6.92 Å². The maximum Gasteiger partial charge on any atom is 0.337 e. The normalized spacial score (nSPS) is 10.4. The van der Waals surface area contributed by atoms with Crippen LogP contribution in [0.1, 0.15) is 41.3 Å². The van der Waals surface area contributed by atoms with Crippen molar-refractivity contribution >= 4 is 23.3 Å². The van der Waals surface area contributed by atoms with Crippen molar-refractivity contribution in [1.29, 1.82) is 0 Å². The maximum atomic E-state index is 12.3. The molecule has 0 aliphatic heterocycles. The third kappa shape index (κ3) is 4.83. The van der Waals surface area contributed by atoms with Crippen LogP contribution < -0.4 is 10.6 Å². The predicted molar refractivity (Wildman–Crippen MR) is 100 cm³/mol. The number of aryl methyl sites for hydroxylation is 1. The minimum atomic E-state index is -0.384. The molecule has 2 aromatic rings. The van der Waals surface area contributed by atoms with E-state index in [1.54, 1.807) is 24.3 Å². The zero-order valence-electron chi connectivity index (χ0n) is 15.1. The maximum absolute atomic E-state index is 12.3. The number of carbonyl (C=O) groups is 2. The standard InChI is InChI=1S/C20H24N2O3/c1-13(2)17-7-5-6-14(3)19(17)22-18(23)12-21-16-10-8-15(9-11-16)20(24)25-4/h5-11,13,21H,12H2,1-4H3,(H,22,23). The molecule has 0 unspecified atom stereocenters. The number of carbonyl (C=O) groups excluding carboxylic acids is 2. The summed E-state index contributed by atoms with van der Waals surface area (Å²) in [6.07, 6.45) is 0. The van der Waals surface area contributed by atoms with Gasteiger partial charge in [0, 0.05) is 11.4 Å². The highest BCUT2D eigenvalue weighted by molar-refractivity contribution is 5.95. The Bertz CT molecular complexity index is 752. The van der Waals surface area contributed by atoms with E-state index in [2.05, 4.69) is 29.2 Å². The minimum Gasteiger partial charge on any atom is -0.465 e. The number of ether oxygens (including phenoxy) is 1. The van der Waals surface area contributed by atoms with Gasteiger partial charge in [0.2, 0.25) is 5.91 Å². The number of para-hydroxylation sites is 1. The Morgan fingerprint density at radius 3 is 2.36 bits per heavy atom. The summed E-state index contributed by atoms with van der Waals surface area (Å²) in [7, 11) is 1.34. The summed E-state index contributed by atoms with van der Waals surface area (Å²) in [5.74, 6) is -0.174. The largest absolute Gasteiger partial charge is 0.465 e. The number of anilines is 2. The summed E-state index contributed by atoms with van der Waals surface area (Å²) in [4.78, 5) is 23.7. The number of nitrogens with one attached hydrogen (secondary N) is 2. The van der Waals surface area contributed by atoms with Gasteiger partial charge in [-0.3, -0.25) is 4.79 Å². The van der Waals surface area contributed by atoms with E-state index in [0.717, 1.165) is 22.5 Å². The Kier molecular flexibility index (Phi) is 6.17. The Morgan fingerprint density at radius 1 is 1.08 bits per heavy atom. The molecule has 1 amide bonds. The molecule has 0 bridgehead atoms. The van der Waals surface area contributed by atoms with E-state index in [4.69, 9.17) is 0 Å². The molecule has 0 aromatic heterocycles. The predicted octanol–water partition coefficient (Wildman–Crippen LogP) is 3.96. The van der Waals surface area contributed by atoms with Crippen LogP contribution in [0.2, 0.25) is 0 Å². The van der Waals surface area contributed by atoms with E-state index in [0.29, 0.717) is 11.5 Å². The second kappa shape index (κ2) is 8.33. The van der Waals surface area contributed by atoms with Gasteiger partial charge in [-0.05, 0) is 48.2 Å². The van der Waals surface area contributed by atoms with Crippen LogP contribution in [-0.2, 0) is 9.53 Å². The number of hydrogen-bond acceptors (Lipinski definition) is 4. The van der Waals surface area contributed by atoms with Gasteiger partial charge in [0.25, 0.3) is 0 Å². The van der Waals surface area contributed by atoms with E-state index in [9.17, 15) is 9.59 Å². The van der Waals surface area contributed by atoms with Crippen LogP contribution in [0.15, 0.2) is 42.5 Å². The topological polar surface area (TPSA) is 67.4 Å². The molecule has 0 radical (unpaired) electrons. The SMILES string of the molecule is COC(=O)c1ccc(NCC(=O)Nc2c(C)cccc2C(C)C)cc1. The molecule has 5 heteroatoms. The average Bonchev–Trinajstić information content (AvgIpc) is 2.61. The van der Waals surface area contributed by atoms with Crippen LogP contribution in [0.25, 0.3) is 0 Å². The molecule has 2 aromatic carbocycles. The molecule has 0 atom stereocenters. The lowest BCUT2D eigenvalue weighted by molar-refractivity contribution is -0.114. The van der Waals surface area contributed by atoms with E-state index in [-0.39, 0.29) is 18.4 Å². The number of methoxy groups -OCH3 is 1. The highest BCUT2D eigenvalue weighted by atomic mass is 16.5. The van der Waals surface area contributed by atoms with Gasteiger partial charge >= 0.3 is 5.97 Å². The van der Waals surface area contributed by atoms with Crippen LogP contribution >= 0.6 is 0 Å². The highest BCUT2D eigenvalue weighted by Crippen LogP contribution is 2.27. The van der Waals surface area contributed by atoms with E-state index in [1.165, 1.54) is 7.11 Å². The lowest BCUT2D eigenvalue weighted by Crippen LogP contribution is -2.23. The number of amides is 1. The minimum absolute atomic E-state index is 0.117. The first kappa shape index (κ1) is 18.5. The first-order chi connectivity index (χ1) is 11.9. The highest BCUT2D eigenvalue weighted by Gasteiger charge is 2.12. The molecular weight excluding hydrogens is 316 g/mol. The van der Waals surface area contributed by atoms with Gasteiger partial charge in [-0.2, -0.15) is 0 Å². The smallest absolute Gasteiger partial charge is 0.337 e. The molecule has 0 saturated carbocycles. The summed E-state index contributed by atoms with van der Waals surface area (Å²) in [5, 5.41) is 6.05. The van der Waals surface area contributed by atoms with Gasteiger partial charge in [-0.1, -0.05) is 32.0 Å². The van der Waals surface area contributed by atoms with Crippen molar-refractivity contribution < 1.29 is 14.3 Å². The zero-order valence-corrected chi connectivity index (χ0v) is 15.1. The Hall–Kier alpha value is -2.82. The Morgan fingerprint density at radius 2 is 1.76 bits per heavy atom. The number of benzene rings is 2. The molecule has 2 rings (SSSR count). The van der Waals surface area contributed by atoms with Gasteiger partial charge in [0.1, 0.15) is 0 Å². The second-order valence-corrected chi connectivity index (χ2v) is 6.16. The van der Waals surface area contributed by atoms with Gasteiger partial charge < -0.3 is 15.4 Å². The molecule has 0 aliphatic carbocycles. The fourth-order valence-electron chi connectivity index (χ4n) is 2.55. The van der Waals surface area contributed by atoms with Crippen molar-refractivity contribution in [3.63, 3.8) is 0 Å². The van der Waals surface area contributed by atoms with Gasteiger partial charge in [-0.15, -0.1) is 0 Å². The van der Waals surface area contributed by atoms with E-state index >= 15 is 0 Å². The second-order valence-electron chi connectivity index (χ2n) is 6.16. The quantitative estimate of drug-likeness (QED) is 0.781. The lowest BCUT2D eigenvalue weighted by Gasteiger charge is -2.16. The fraction of sp³-hybridized carbons (Fsp3) is 0.300. The van der Waals surface area contributed by atoms with Crippen LogP contribution in [-0.4, -0.2) is 25.5 Å². The van der Waals surface area contributed by atoms with Gasteiger partial charge in [-0.25, -0.2) is 4.79 Å². The summed E-state index contributed by atoms with van der Waals surface area (Å²) in [6, 6.07) is 12.8. The summed E-state index contributed by atoms with van der Waals surface area (Å²) in [6.45, 7) is 6.33. The first-order valence-electron chi connectivity index (χ1n) is 8.24. The van der Waals surface area contributed by atoms with Crippen molar-refractivity contribution in [3.8, 4) is 0 Å². The molecule has 0 saturated heterocycles. The van der Waals surface area contributed by atoms with Crippen LogP contribution in [0.5, 0.6) is 0 Å². The number of rotatable bonds is 6. The number of esters is 1.